The van der Waals surface area contributed by atoms with E-state index < -0.39 is 5.60 Å². The Morgan fingerprint density at radius 3 is 2.83 bits per heavy atom. The molecule has 1 fully saturated rings. The van der Waals surface area contributed by atoms with E-state index in [1.807, 2.05) is 0 Å². The summed E-state index contributed by atoms with van der Waals surface area (Å²) in [5.74, 6) is 0.430. The van der Waals surface area contributed by atoms with Crippen LogP contribution in [0.25, 0.3) is 0 Å². The van der Waals surface area contributed by atoms with E-state index >= 15 is 0 Å². The number of carbonyl (C=O) groups excluding carboxylic acids is 1. The van der Waals surface area contributed by atoms with Crippen LogP contribution < -0.4 is 0 Å². The van der Waals surface area contributed by atoms with Crippen molar-refractivity contribution in [2.24, 2.45) is 10.9 Å². The standard InChI is InChI=1S/C24H26N2O3/c1-16-6-7-17-13-24(14-19(17)12-16)21(27)25-22(29-24)26-10-8-23(9-11-26)20-5-3-2-4-18(20)15-28-23/h2-7,16H,8-15H2,1H3. The lowest BCUT2D eigenvalue weighted by molar-refractivity contribution is -0.130. The Hall–Kier alpha value is -2.40. The van der Waals surface area contributed by atoms with Crippen molar-refractivity contribution in [3.8, 4) is 0 Å². The lowest BCUT2D eigenvalue weighted by Gasteiger charge is -2.39. The summed E-state index contributed by atoms with van der Waals surface area (Å²) in [7, 11) is 0. The number of carbonyl (C=O) groups is 1. The molecule has 0 N–H and O–H groups in total. The highest BCUT2D eigenvalue weighted by atomic mass is 16.5. The molecule has 0 saturated carbocycles. The molecule has 2 atom stereocenters. The topological polar surface area (TPSA) is 51.1 Å². The minimum absolute atomic E-state index is 0.106. The van der Waals surface area contributed by atoms with Crippen LogP contribution in [0.3, 0.4) is 0 Å². The summed E-state index contributed by atoms with van der Waals surface area (Å²) in [6, 6.07) is 9.05. The Bertz CT molecular complexity index is 984. The Morgan fingerprint density at radius 2 is 1.97 bits per heavy atom. The van der Waals surface area contributed by atoms with Gasteiger partial charge in [0.25, 0.3) is 11.9 Å². The second-order valence-corrected chi connectivity index (χ2v) is 9.25. The van der Waals surface area contributed by atoms with Crippen molar-refractivity contribution < 1.29 is 14.3 Å². The Morgan fingerprint density at radius 1 is 1.14 bits per heavy atom. The molecule has 5 heteroatoms. The van der Waals surface area contributed by atoms with E-state index in [1.165, 1.54) is 22.3 Å². The van der Waals surface area contributed by atoms with Crippen molar-refractivity contribution >= 4 is 11.9 Å². The van der Waals surface area contributed by atoms with Gasteiger partial charge in [0.1, 0.15) is 0 Å². The number of hydrogen-bond acceptors (Lipinski definition) is 4. The molecule has 29 heavy (non-hydrogen) atoms. The van der Waals surface area contributed by atoms with Gasteiger partial charge in [0.05, 0.1) is 12.2 Å². The summed E-state index contributed by atoms with van der Waals surface area (Å²) in [6.45, 7) is 4.50. The van der Waals surface area contributed by atoms with Crippen LogP contribution in [0.5, 0.6) is 0 Å². The molecule has 1 aromatic rings. The molecule has 150 valence electrons. The van der Waals surface area contributed by atoms with Crippen molar-refractivity contribution in [1.29, 1.82) is 0 Å². The molecule has 5 aliphatic rings. The van der Waals surface area contributed by atoms with Gasteiger partial charge in [-0.2, -0.15) is 4.99 Å². The maximum atomic E-state index is 12.9. The summed E-state index contributed by atoms with van der Waals surface area (Å²) >= 11 is 0. The monoisotopic (exact) mass is 390 g/mol. The van der Waals surface area contributed by atoms with Gasteiger partial charge in [0, 0.05) is 25.9 Å². The van der Waals surface area contributed by atoms with Crippen LogP contribution in [0.2, 0.25) is 0 Å². The van der Waals surface area contributed by atoms with E-state index in [2.05, 4.69) is 53.2 Å². The number of benzene rings is 1. The van der Waals surface area contributed by atoms with Crippen molar-refractivity contribution in [3.63, 3.8) is 0 Å². The third-order valence-electron chi connectivity index (χ3n) is 7.35. The van der Waals surface area contributed by atoms with Crippen molar-refractivity contribution in [2.75, 3.05) is 13.1 Å². The van der Waals surface area contributed by atoms with E-state index in [-0.39, 0.29) is 11.5 Å². The average molecular weight is 390 g/mol. The van der Waals surface area contributed by atoms with Crippen LogP contribution in [0.4, 0.5) is 0 Å². The van der Waals surface area contributed by atoms with E-state index in [0.717, 1.165) is 32.4 Å². The zero-order chi connectivity index (χ0) is 19.6. The van der Waals surface area contributed by atoms with Crippen LogP contribution >= 0.6 is 0 Å². The number of likely N-dealkylation sites (tertiary alicyclic amines) is 1. The van der Waals surface area contributed by atoms with Crippen LogP contribution in [0, 0.1) is 5.92 Å². The predicted octanol–water partition coefficient (Wildman–Crippen LogP) is 3.85. The van der Waals surface area contributed by atoms with Gasteiger partial charge in [0.15, 0.2) is 0 Å². The summed E-state index contributed by atoms with van der Waals surface area (Å²) in [5.41, 5.74) is 4.30. The molecular weight excluding hydrogens is 364 g/mol. The first-order valence-electron chi connectivity index (χ1n) is 10.8. The number of aliphatic imine (C=N–C) groups is 1. The number of piperidine rings is 1. The first-order valence-corrected chi connectivity index (χ1v) is 10.8. The van der Waals surface area contributed by atoms with Crippen LogP contribution in [0.15, 0.2) is 52.6 Å². The second-order valence-electron chi connectivity index (χ2n) is 9.25. The van der Waals surface area contributed by atoms with Gasteiger partial charge >= 0.3 is 0 Å². The van der Waals surface area contributed by atoms with Gasteiger partial charge in [-0.05, 0) is 41.9 Å². The zero-order valence-corrected chi connectivity index (χ0v) is 16.8. The van der Waals surface area contributed by atoms with Crippen molar-refractivity contribution in [2.45, 2.75) is 56.8 Å². The summed E-state index contributed by atoms with van der Waals surface area (Å²) < 4.78 is 12.6. The zero-order valence-electron chi connectivity index (χ0n) is 16.8. The van der Waals surface area contributed by atoms with Crippen LogP contribution in [-0.2, 0) is 26.5 Å². The normalized spacial score (nSPS) is 32.0. The highest BCUT2D eigenvalue weighted by Crippen LogP contribution is 2.47. The molecular formula is C24H26N2O3. The lowest BCUT2D eigenvalue weighted by Crippen LogP contribution is -2.46. The molecule has 5 nitrogen and oxygen atoms in total. The quantitative estimate of drug-likeness (QED) is 0.675. The molecule has 0 bridgehead atoms. The first-order chi connectivity index (χ1) is 14.1. The number of allylic oxidation sites excluding steroid dienone is 2. The smallest absolute Gasteiger partial charge is 0.296 e. The van der Waals surface area contributed by atoms with Gasteiger partial charge in [-0.1, -0.05) is 48.9 Å². The van der Waals surface area contributed by atoms with E-state index in [0.29, 0.717) is 31.4 Å². The molecule has 2 spiro atoms. The van der Waals surface area contributed by atoms with Crippen molar-refractivity contribution in [1.82, 2.24) is 4.90 Å². The van der Waals surface area contributed by atoms with Gasteiger partial charge in [0.2, 0.25) is 5.60 Å². The maximum Gasteiger partial charge on any atom is 0.296 e. The van der Waals surface area contributed by atoms with Gasteiger partial charge in [-0.15, -0.1) is 0 Å². The molecule has 3 heterocycles. The average Bonchev–Trinajstić information content (AvgIpc) is 3.37. The van der Waals surface area contributed by atoms with Crippen molar-refractivity contribution in [3.05, 3.63) is 58.7 Å². The molecule has 1 aromatic carbocycles. The number of hydrogen-bond donors (Lipinski definition) is 0. The van der Waals surface area contributed by atoms with E-state index in [9.17, 15) is 4.79 Å². The molecule has 2 aliphatic carbocycles. The third kappa shape index (κ3) is 2.56. The molecule has 2 unspecified atom stereocenters. The number of nitrogens with zero attached hydrogens (tertiary/aromatic N) is 2. The van der Waals surface area contributed by atoms with E-state index in [4.69, 9.17) is 9.47 Å². The largest absolute Gasteiger partial charge is 0.447 e. The fourth-order valence-corrected chi connectivity index (χ4v) is 5.72. The first kappa shape index (κ1) is 17.5. The Balaban J connectivity index is 1.16. The van der Waals surface area contributed by atoms with Gasteiger partial charge < -0.3 is 14.4 Å². The number of amides is 1. The van der Waals surface area contributed by atoms with E-state index in [1.54, 1.807) is 0 Å². The molecule has 3 aliphatic heterocycles. The summed E-state index contributed by atoms with van der Waals surface area (Å²) in [6.07, 6.45) is 8.59. The predicted molar refractivity (Wildman–Crippen MR) is 109 cm³/mol. The number of fused-ring (bicyclic) bond motifs is 2. The number of ether oxygens (including phenoxy) is 2. The minimum atomic E-state index is -0.792. The lowest BCUT2D eigenvalue weighted by atomic mass is 9.84. The highest BCUT2D eigenvalue weighted by molar-refractivity contribution is 6.02. The Labute approximate surface area is 171 Å². The molecule has 0 aromatic heterocycles. The fourth-order valence-electron chi connectivity index (χ4n) is 5.72. The van der Waals surface area contributed by atoms with Gasteiger partial charge in [-0.25, -0.2) is 0 Å². The molecule has 0 radical (unpaired) electrons. The second kappa shape index (κ2) is 6.05. The molecule has 6 rings (SSSR count). The van der Waals surface area contributed by atoms with Gasteiger partial charge in [-0.3, -0.25) is 4.79 Å². The molecule has 1 saturated heterocycles. The highest BCUT2D eigenvalue weighted by Gasteiger charge is 2.53. The summed E-state index contributed by atoms with van der Waals surface area (Å²) in [5, 5.41) is 0. The van der Waals surface area contributed by atoms with Crippen LogP contribution in [-0.4, -0.2) is 35.5 Å². The fraction of sp³-hybridized carbons (Fsp3) is 0.500. The third-order valence-corrected chi connectivity index (χ3v) is 7.35. The summed E-state index contributed by atoms with van der Waals surface area (Å²) in [4.78, 5) is 19.4. The minimum Gasteiger partial charge on any atom is -0.447 e. The van der Waals surface area contributed by atoms with Crippen LogP contribution in [0.1, 0.15) is 50.2 Å². The number of rotatable bonds is 0. The maximum absolute atomic E-state index is 12.9. The Kier molecular flexibility index (Phi) is 3.64. The SMILES string of the molecule is CC1C=CC2=C(C1)CC1(C2)OC(N2CCC3(CC2)OCc2ccccc23)=NC1=O. The number of amidine groups is 1. The molecule has 1 amide bonds.